The monoisotopic (exact) mass is 394 g/mol. The third-order valence-electron chi connectivity index (χ3n) is 5.19. The number of hydrogen-bond acceptors (Lipinski definition) is 6. The van der Waals surface area contributed by atoms with Gasteiger partial charge in [-0.25, -0.2) is 9.97 Å². The molecule has 4 heterocycles. The average molecular weight is 394 g/mol. The van der Waals surface area contributed by atoms with Crippen LogP contribution in [0.5, 0.6) is 0 Å². The summed E-state index contributed by atoms with van der Waals surface area (Å²) in [5.41, 5.74) is 7.07. The van der Waals surface area contributed by atoms with Gasteiger partial charge < -0.3 is 16.0 Å². The lowest BCUT2D eigenvalue weighted by Gasteiger charge is -2.30. The molecular weight excluding hydrogens is 369 g/mol. The average Bonchev–Trinajstić information content (AvgIpc) is 3.22. The van der Waals surface area contributed by atoms with Crippen LogP contribution in [0.25, 0.3) is 0 Å². The van der Waals surface area contributed by atoms with E-state index >= 15 is 0 Å². The van der Waals surface area contributed by atoms with Crippen LogP contribution in [0.1, 0.15) is 36.6 Å². The molecule has 1 fully saturated rings. The molecule has 0 amide bonds. The Bertz CT molecular complexity index is 789. The molecule has 0 unspecified atom stereocenters. The van der Waals surface area contributed by atoms with Crippen molar-refractivity contribution in [3.05, 3.63) is 41.6 Å². The van der Waals surface area contributed by atoms with Crippen LogP contribution in [-0.2, 0) is 19.1 Å². The maximum atomic E-state index is 12.7. The van der Waals surface area contributed by atoms with Gasteiger partial charge in [0.2, 0.25) is 0 Å². The van der Waals surface area contributed by atoms with Crippen molar-refractivity contribution >= 4 is 11.5 Å². The lowest BCUT2D eigenvalue weighted by Crippen LogP contribution is -2.32. The first kappa shape index (κ1) is 20.3. The summed E-state index contributed by atoms with van der Waals surface area (Å²) >= 11 is 0. The minimum atomic E-state index is -4.40. The highest BCUT2D eigenvalue weighted by Gasteiger charge is 2.32. The van der Waals surface area contributed by atoms with Crippen molar-refractivity contribution in [2.45, 2.75) is 38.9 Å². The summed E-state index contributed by atoms with van der Waals surface area (Å²) < 4.78 is 38.2. The van der Waals surface area contributed by atoms with Gasteiger partial charge in [0, 0.05) is 31.3 Å². The molecule has 0 aliphatic carbocycles. The summed E-state index contributed by atoms with van der Waals surface area (Å²) in [5, 5.41) is 3.32. The van der Waals surface area contributed by atoms with Gasteiger partial charge in [0.15, 0.2) is 0 Å². The summed E-state index contributed by atoms with van der Waals surface area (Å²) in [6, 6.07) is 1.10. The van der Waals surface area contributed by atoms with Crippen LogP contribution < -0.4 is 16.0 Å². The van der Waals surface area contributed by atoms with E-state index in [2.05, 4.69) is 27.2 Å². The number of hydrogen-bond donors (Lipinski definition) is 2. The first-order chi connectivity index (χ1) is 13.4. The van der Waals surface area contributed by atoms with E-state index in [1.165, 1.54) is 38.5 Å². The van der Waals surface area contributed by atoms with Gasteiger partial charge in [-0.05, 0) is 31.5 Å². The van der Waals surface area contributed by atoms with Crippen molar-refractivity contribution in [1.82, 2.24) is 20.3 Å². The Morgan fingerprint density at radius 2 is 2.11 bits per heavy atom. The Balaban J connectivity index is 0.000000271. The number of nitrogens with one attached hydrogen (secondary N) is 1. The lowest BCUT2D eigenvalue weighted by atomic mass is 10.1. The normalized spacial score (nSPS) is 19.0. The van der Waals surface area contributed by atoms with Crippen LogP contribution >= 0.6 is 0 Å². The Morgan fingerprint density at radius 1 is 1.29 bits per heavy atom. The Kier molecular flexibility index (Phi) is 6.33. The SMILES string of the molecule is CC[C@H]1CCNC1.Nc1ncnc2c1CN(c1cncc(C(F)(F)F)c1)CC2. The van der Waals surface area contributed by atoms with Gasteiger partial charge in [-0.2, -0.15) is 13.2 Å². The molecule has 1 saturated heterocycles. The number of anilines is 2. The second kappa shape index (κ2) is 8.72. The Labute approximate surface area is 162 Å². The molecule has 2 aliphatic heterocycles. The minimum Gasteiger partial charge on any atom is -0.383 e. The van der Waals surface area contributed by atoms with Gasteiger partial charge >= 0.3 is 6.18 Å². The summed E-state index contributed by atoms with van der Waals surface area (Å²) in [5.74, 6) is 1.35. The first-order valence-electron chi connectivity index (χ1n) is 9.44. The van der Waals surface area contributed by atoms with E-state index in [1.54, 1.807) is 4.90 Å². The fourth-order valence-electron chi connectivity index (χ4n) is 3.40. The number of fused-ring (bicyclic) bond motifs is 1. The molecule has 2 aliphatic rings. The number of nitrogens with zero attached hydrogens (tertiary/aromatic N) is 4. The fourth-order valence-corrected chi connectivity index (χ4v) is 3.40. The van der Waals surface area contributed by atoms with Gasteiger partial charge in [-0.1, -0.05) is 13.3 Å². The maximum Gasteiger partial charge on any atom is 0.417 e. The molecule has 2 aromatic heterocycles. The highest BCUT2D eigenvalue weighted by atomic mass is 19.4. The molecule has 0 aromatic carbocycles. The van der Waals surface area contributed by atoms with Gasteiger partial charge in [0.05, 0.1) is 23.1 Å². The van der Waals surface area contributed by atoms with Crippen LogP contribution in [0.4, 0.5) is 24.7 Å². The van der Waals surface area contributed by atoms with Gasteiger partial charge in [0.1, 0.15) is 12.1 Å². The molecule has 0 spiro atoms. The second-order valence-electron chi connectivity index (χ2n) is 7.05. The van der Waals surface area contributed by atoms with E-state index in [9.17, 15) is 13.2 Å². The largest absolute Gasteiger partial charge is 0.417 e. The molecule has 152 valence electrons. The number of alkyl halides is 3. The Hall–Kier alpha value is -2.42. The summed E-state index contributed by atoms with van der Waals surface area (Å²) in [6.07, 6.45) is 2.59. The molecule has 1 atom stereocenters. The van der Waals surface area contributed by atoms with Crippen molar-refractivity contribution < 1.29 is 13.2 Å². The van der Waals surface area contributed by atoms with E-state index in [0.717, 1.165) is 29.4 Å². The van der Waals surface area contributed by atoms with Crippen molar-refractivity contribution in [3.63, 3.8) is 0 Å². The predicted octanol–water partition coefficient (Wildman–Crippen LogP) is 3.04. The molecule has 9 heteroatoms. The zero-order valence-corrected chi connectivity index (χ0v) is 15.8. The van der Waals surface area contributed by atoms with Crippen LogP contribution in [0.3, 0.4) is 0 Å². The number of halogens is 3. The highest BCUT2D eigenvalue weighted by molar-refractivity contribution is 5.52. The van der Waals surface area contributed by atoms with Crippen molar-refractivity contribution in [3.8, 4) is 0 Å². The van der Waals surface area contributed by atoms with Crippen LogP contribution in [0.2, 0.25) is 0 Å². The fraction of sp³-hybridized carbons (Fsp3) is 0.526. The quantitative estimate of drug-likeness (QED) is 0.815. The Morgan fingerprint density at radius 3 is 2.75 bits per heavy atom. The minimum absolute atomic E-state index is 0.365. The second-order valence-corrected chi connectivity index (χ2v) is 7.05. The number of rotatable bonds is 2. The predicted molar refractivity (Wildman–Crippen MR) is 102 cm³/mol. The van der Waals surface area contributed by atoms with E-state index in [-0.39, 0.29) is 0 Å². The van der Waals surface area contributed by atoms with E-state index < -0.39 is 11.7 Å². The molecular formula is C19H25F3N6. The number of nitrogen functional groups attached to an aromatic ring is 1. The molecule has 3 N–H and O–H groups in total. The van der Waals surface area contributed by atoms with Crippen LogP contribution in [0.15, 0.2) is 24.8 Å². The van der Waals surface area contributed by atoms with Gasteiger partial charge in [-0.15, -0.1) is 0 Å². The highest BCUT2D eigenvalue weighted by Crippen LogP contribution is 2.32. The van der Waals surface area contributed by atoms with Crippen molar-refractivity contribution in [2.24, 2.45) is 5.92 Å². The number of aromatic nitrogens is 3. The van der Waals surface area contributed by atoms with Crippen LogP contribution in [0, 0.1) is 5.92 Å². The molecule has 2 aromatic rings. The van der Waals surface area contributed by atoms with E-state index in [4.69, 9.17) is 5.73 Å². The topological polar surface area (TPSA) is 80.0 Å². The molecule has 0 saturated carbocycles. The first-order valence-corrected chi connectivity index (χ1v) is 9.44. The van der Waals surface area contributed by atoms with Crippen molar-refractivity contribution in [1.29, 1.82) is 0 Å². The molecule has 0 radical (unpaired) electrons. The summed E-state index contributed by atoms with van der Waals surface area (Å²) in [4.78, 5) is 13.5. The lowest BCUT2D eigenvalue weighted by molar-refractivity contribution is -0.137. The van der Waals surface area contributed by atoms with E-state index in [0.29, 0.717) is 31.0 Å². The maximum absolute atomic E-state index is 12.7. The van der Waals surface area contributed by atoms with E-state index in [1.807, 2.05) is 0 Å². The third kappa shape index (κ3) is 4.89. The molecule has 28 heavy (non-hydrogen) atoms. The van der Waals surface area contributed by atoms with Crippen LogP contribution in [-0.4, -0.2) is 34.6 Å². The van der Waals surface area contributed by atoms with Gasteiger partial charge in [-0.3, -0.25) is 4.98 Å². The third-order valence-corrected chi connectivity index (χ3v) is 5.19. The smallest absolute Gasteiger partial charge is 0.383 e. The number of pyridine rings is 1. The van der Waals surface area contributed by atoms with Gasteiger partial charge in [0.25, 0.3) is 0 Å². The zero-order valence-electron chi connectivity index (χ0n) is 15.8. The van der Waals surface area contributed by atoms with Crippen molar-refractivity contribution in [2.75, 3.05) is 30.3 Å². The molecule has 6 nitrogen and oxygen atoms in total. The number of nitrogens with two attached hydrogens (primary N) is 1. The zero-order chi connectivity index (χ0) is 20.1. The molecule has 0 bridgehead atoms. The standard InChI is InChI=1S/C13H12F3N5.C6H13N/c14-13(15,16)8-3-9(5-18-4-8)21-2-1-11-10(6-21)12(17)20-7-19-11;1-2-6-3-4-7-5-6/h3-5,7H,1-2,6H2,(H2,17,19,20);6-7H,2-5H2,1H3/t;6-/m.0/s1. The molecule has 4 rings (SSSR count). The summed E-state index contributed by atoms with van der Waals surface area (Å²) in [6.45, 7) is 5.71. The summed E-state index contributed by atoms with van der Waals surface area (Å²) in [7, 11) is 0.